The molecule has 126 valence electrons. The van der Waals surface area contributed by atoms with E-state index in [4.69, 9.17) is 10.9 Å². The van der Waals surface area contributed by atoms with Crippen LogP contribution in [0.5, 0.6) is 0 Å². The van der Waals surface area contributed by atoms with E-state index in [1.54, 1.807) is 11.8 Å². The Labute approximate surface area is 134 Å². The minimum Gasteiger partial charge on any atom is -0.368 e. The number of imidazole rings is 1. The van der Waals surface area contributed by atoms with Crippen molar-refractivity contribution < 1.29 is 10.0 Å². The van der Waals surface area contributed by atoms with E-state index < -0.39 is 0 Å². The zero-order chi connectivity index (χ0) is 16.8. The van der Waals surface area contributed by atoms with Crippen LogP contribution in [0.15, 0.2) is 6.33 Å². The lowest BCUT2D eigenvalue weighted by molar-refractivity contribution is -0.129. The molecule has 0 atom stereocenters. The fourth-order valence-corrected chi connectivity index (χ4v) is 2.28. The Morgan fingerprint density at radius 2 is 2.13 bits per heavy atom. The topological polar surface area (TPSA) is 131 Å². The Bertz CT molecular complexity index is 668. The van der Waals surface area contributed by atoms with Gasteiger partial charge in [0.25, 0.3) is 0 Å². The van der Waals surface area contributed by atoms with Gasteiger partial charge in [0, 0.05) is 19.0 Å². The summed E-state index contributed by atoms with van der Waals surface area (Å²) >= 11 is 0. The van der Waals surface area contributed by atoms with Crippen LogP contribution in [-0.2, 0) is 4.79 Å². The molecule has 0 spiro atoms. The van der Waals surface area contributed by atoms with Gasteiger partial charge >= 0.3 is 0 Å². The first-order chi connectivity index (χ1) is 11.0. The molecule has 2 aromatic heterocycles. The number of nitrogen functional groups attached to an aromatic ring is 1. The van der Waals surface area contributed by atoms with Crippen molar-refractivity contribution in [1.82, 2.24) is 25.0 Å². The molecule has 0 fully saturated rings. The first-order valence-corrected chi connectivity index (χ1v) is 7.69. The largest absolute Gasteiger partial charge is 0.368 e. The van der Waals surface area contributed by atoms with Crippen molar-refractivity contribution in [2.24, 2.45) is 0 Å². The minimum atomic E-state index is -0.359. The van der Waals surface area contributed by atoms with Crippen LogP contribution in [-0.4, -0.2) is 37.2 Å². The summed E-state index contributed by atoms with van der Waals surface area (Å²) in [5.74, 6) is 0.476. The normalized spacial score (nSPS) is 11.1. The van der Waals surface area contributed by atoms with Crippen molar-refractivity contribution >= 4 is 28.8 Å². The van der Waals surface area contributed by atoms with Crippen molar-refractivity contribution in [3.05, 3.63) is 6.33 Å². The SMILES string of the molecule is CC(C)n1cnc2c(NCCCCCC(=O)NO)nc(N)nc21. The summed E-state index contributed by atoms with van der Waals surface area (Å²) in [6, 6.07) is 0.236. The smallest absolute Gasteiger partial charge is 0.243 e. The molecule has 0 aliphatic rings. The summed E-state index contributed by atoms with van der Waals surface area (Å²) in [5.41, 5.74) is 8.82. The molecule has 0 aliphatic heterocycles. The maximum Gasteiger partial charge on any atom is 0.243 e. The molecule has 0 aliphatic carbocycles. The number of hydroxylamine groups is 1. The van der Waals surface area contributed by atoms with Gasteiger partial charge in [-0.25, -0.2) is 10.5 Å². The molecule has 0 saturated carbocycles. The van der Waals surface area contributed by atoms with Gasteiger partial charge in [0.2, 0.25) is 11.9 Å². The average molecular weight is 321 g/mol. The number of carbonyl (C=O) groups excluding carboxylic acids is 1. The molecule has 23 heavy (non-hydrogen) atoms. The van der Waals surface area contributed by atoms with Crippen LogP contribution < -0.4 is 16.5 Å². The molecular formula is C14H23N7O2. The van der Waals surface area contributed by atoms with Gasteiger partial charge in [-0.05, 0) is 26.7 Å². The Balaban J connectivity index is 1.94. The van der Waals surface area contributed by atoms with E-state index >= 15 is 0 Å². The third-order valence-corrected chi connectivity index (χ3v) is 3.49. The van der Waals surface area contributed by atoms with Crippen molar-refractivity contribution in [3.8, 4) is 0 Å². The number of amides is 1. The predicted molar refractivity (Wildman–Crippen MR) is 87.0 cm³/mol. The molecule has 2 aromatic rings. The third kappa shape index (κ3) is 4.28. The highest BCUT2D eigenvalue weighted by molar-refractivity contribution is 5.84. The van der Waals surface area contributed by atoms with Gasteiger partial charge < -0.3 is 15.6 Å². The van der Waals surface area contributed by atoms with Crippen molar-refractivity contribution in [2.45, 2.75) is 45.6 Å². The number of aromatic nitrogens is 4. The van der Waals surface area contributed by atoms with E-state index in [-0.39, 0.29) is 17.9 Å². The number of nitrogens with two attached hydrogens (primary N) is 1. The maximum atomic E-state index is 10.9. The lowest BCUT2D eigenvalue weighted by Crippen LogP contribution is -2.17. The zero-order valence-electron chi connectivity index (χ0n) is 13.4. The molecule has 2 heterocycles. The van der Waals surface area contributed by atoms with E-state index in [1.165, 1.54) is 0 Å². The Kier molecular flexibility index (Phi) is 5.69. The summed E-state index contributed by atoms with van der Waals surface area (Å²) < 4.78 is 1.95. The quantitative estimate of drug-likeness (QED) is 0.329. The Hall–Kier alpha value is -2.42. The second-order valence-electron chi connectivity index (χ2n) is 5.62. The predicted octanol–water partition coefficient (Wildman–Crippen LogP) is 1.47. The molecule has 0 bridgehead atoms. The lowest BCUT2D eigenvalue weighted by Gasteiger charge is -2.09. The summed E-state index contributed by atoms with van der Waals surface area (Å²) in [6.07, 6.45) is 4.51. The van der Waals surface area contributed by atoms with E-state index in [2.05, 4.69) is 34.1 Å². The van der Waals surface area contributed by atoms with Crippen LogP contribution in [0.4, 0.5) is 11.8 Å². The first-order valence-electron chi connectivity index (χ1n) is 7.69. The standard InChI is InChI=1S/C14H23N7O2/c1-9(2)21-8-17-11-12(18-14(15)19-13(11)21)16-7-5-3-4-6-10(22)20-23/h8-9,23H,3-7H2,1-2H3,(H,20,22)(H3,15,16,18,19). The molecule has 2 rings (SSSR count). The van der Waals surface area contributed by atoms with E-state index in [9.17, 15) is 4.79 Å². The van der Waals surface area contributed by atoms with Crippen molar-refractivity contribution in [2.75, 3.05) is 17.6 Å². The van der Waals surface area contributed by atoms with Crippen LogP contribution in [0.2, 0.25) is 0 Å². The number of fused-ring (bicyclic) bond motifs is 1. The highest BCUT2D eigenvalue weighted by Crippen LogP contribution is 2.22. The van der Waals surface area contributed by atoms with Crippen molar-refractivity contribution in [1.29, 1.82) is 0 Å². The van der Waals surface area contributed by atoms with Gasteiger partial charge in [0.15, 0.2) is 17.0 Å². The summed E-state index contributed by atoms with van der Waals surface area (Å²) in [7, 11) is 0. The average Bonchev–Trinajstić information content (AvgIpc) is 2.94. The Morgan fingerprint density at radius 1 is 1.35 bits per heavy atom. The van der Waals surface area contributed by atoms with Gasteiger partial charge in [0.1, 0.15) is 0 Å². The lowest BCUT2D eigenvalue weighted by atomic mass is 10.2. The number of hydrogen-bond acceptors (Lipinski definition) is 7. The molecule has 9 nitrogen and oxygen atoms in total. The number of anilines is 2. The van der Waals surface area contributed by atoms with Crippen LogP contribution >= 0.6 is 0 Å². The van der Waals surface area contributed by atoms with Crippen molar-refractivity contribution in [3.63, 3.8) is 0 Å². The summed E-state index contributed by atoms with van der Waals surface area (Å²) in [6.45, 7) is 4.80. The third-order valence-electron chi connectivity index (χ3n) is 3.49. The number of hydrogen-bond donors (Lipinski definition) is 4. The van der Waals surface area contributed by atoms with Gasteiger partial charge in [-0.3, -0.25) is 10.0 Å². The summed E-state index contributed by atoms with van der Waals surface area (Å²) in [5, 5.41) is 11.6. The molecule has 0 saturated heterocycles. The number of carbonyl (C=O) groups is 1. The highest BCUT2D eigenvalue weighted by atomic mass is 16.5. The highest BCUT2D eigenvalue weighted by Gasteiger charge is 2.13. The molecule has 0 unspecified atom stereocenters. The monoisotopic (exact) mass is 321 g/mol. The fraction of sp³-hybridized carbons (Fsp3) is 0.571. The minimum absolute atomic E-state index is 0.210. The molecule has 9 heteroatoms. The molecule has 0 aromatic carbocycles. The number of unbranched alkanes of at least 4 members (excludes halogenated alkanes) is 2. The molecule has 0 radical (unpaired) electrons. The maximum absolute atomic E-state index is 10.9. The van der Waals surface area contributed by atoms with E-state index in [1.807, 2.05) is 4.57 Å². The van der Waals surface area contributed by atoms with Gasteiger partial charge in [-0.1, -0.05) is 6.42 Å². The number of nitrogens with one attached hydrogen (secondary N) is 2. The first kappa shape index (κ1) is 16.9. The zero-order valence-corrected chi connectivity index (χ0v) is 13.4. The molecule has 5 N–H and O–H groups in total. The van der Waals surface area contributed by atoms with Crippen LogP contribution in [0.3, 0.4) is 0 Å². The Morgan fingerprint density at radius 3 is 2.83 bits per heavy atom. The second-order valence-corrected chi connectivity index (χ2v) is 5.62. The van der Waals surface area contributed by atoms with Gasteiger partial charge in [-0.15, -0.1) is 0 Å². The van der Waals surface area contributed by atoms with Crippen LogP contribution in [0.25, 0.3) is 11.2 Å². The van der Waals surface area contributed by atoms with Gasteiger partial charge in [-0.2, -0.15) is 9.97 Å². The molecule has 1 amide bonds. The van der Waals surface area contributed by atoms with E-state index in [0.29, 0.717) is 24.3 Å². The second kappa shape index (κ2) is 7.73. The van der Waals surface area contributed by atoms with Crippen LogP contribution in [0.1, 0.15) is 45.6 Å². The van der Waals surface area contributed by atoms with Crippen LogP contribution in [0, 0.1) is 0 Å². The van der Waals surface area contributed by atoms with Gasteiger partial charge in [0.05, 0.1) is 6.33 Å². The summed E-state index contributed by atoms with van der Waals surface area (Å²) in [4.78, 5) is 23.7. The fourth-order valence-electron chi connectivity index (χ4n) is 2.28. The molecular weight excluding hydrogens is 298 g/mol. The van der Waals surface area contributed by atoms with E-state index in [0.717, 1.165) is 24.9 Å². The number of rotatable bonds is 8. The number of nitrogens with zero attached hydrogens (tertiary/aromatic N) is 4.